The minimum Gasteiger partial charge on any atom is -0.459 e. The molecular weight excluding hydrogens is 370 g/mol. The number of amides is 2. The summed E-state index contributed by atoms with van der Waals surface area (Å²) in [6.45, 7) is 2.51. The van der Waals surface area contributed by atoms with Gasteiger partial charge in [-0.25, -0.2) is 0 Å². The van der Waals surface area contributed by atoms with E-state index in [0.29, 0.717) is 44.0 Å². The highest BCUT2D eigenvalue weighted by molar-refractivity contribution is 5.95. The predicted molar refractivity (Wildman–Crippen MR) is 106 cm³/mol. The van der Waals surface area contributed by atoms with Crippen LogP contribution in [-0.4, -0.2) is 57.8 Å². The van der Waals surface area contributed by atoms with E-state index in [2.05, 4.69) is 15.3 Å². The van der Waals surface area contributed by atoms with Gasteiger partial charge in [-0.1, -0.05) is 0 Å². The van der Waals surface area contributed by atoms with Gasteiger partial charge in [-0.2, -0.15) is 0 Å². The largest absolute Gasteiger partial charge is 0.459 e. The fourth-order valence-electron chi connectivity index (χ4n) is 3.21. The number of hydrogen-bond donors (Lipinski definition) is 1. The first kappa shape index (κ1) is 18.7. The lowest BCUT2D eigenvalue weighted by atomic mass is 10.2. The van der Waals surface area contributed by atoms with Crippen molar-refractivity contribution < 1.29 is 14.0 Å². The Kier molecular flexibility index (Phi) is 5.51. The van der Waals surface area contributed by atoms with Crippen molar-refractivity contribution in [3.05, 3.63) is 78.3 Å². The lowest BCUT2D eigenvalue weighted by Crippen LogP contribution is -2.50. The standard InChI is InChI=1S/C21H21N5O3/c27-20(25-7-9-26(10-8-25)21(28)19-2-1-11-29-19)17-12-18(15-23-14-17)24-13-16-3-5-22-6-4-16/h1-6,11-12,14-15,24H,7-10,13H2. The Labute approximate surface area is 168 Å². The third-order valence-electron chi connectivity index (χ3n) is 4.82. The number of anilines is 1. The van der Waals surface area contributed by atoms with Crippen molar-refractivity contribution in [2.75, 3.05) is 31.5 Å². The normalized spacial score (nSPS) is 13.9. The first-order valence-corrected chi connectivity index (χ1v) is 9.40. The molecule has 0 unspecified atom stereocenters. The average Bonchev–Trinajstić information content (AvgIpc) is 3.33. The van der Waals surface area contributed by atoms with E-state index in [1.807, 2.05) is 12.1 Å². The first-order valence-electron chi connectivity index (χ1n) is 9.40. The molecule has 3 aromatic rings. The summed E-state index contributed by atoms with van der Waals surface area (Å²) in [6.07, 6.45) is 8.23. The zero-order chi connectivity index (χ0) is 20.1. The van der Waals surface area contributed by atoms with E-state index >= 15 is 0 Å². The highest BCUT2D eigenvalue weighted by Crippen LogP contribution is 2.15. The molecule has 0 spiro atoms. The number of carbonyl (C=O) groups excluding carboxylic acids is 2. The molecule has 1 fully saturated rings. The van der Waals surface area contributed by atoms with Crippen molar-refractivity contribution in [3.63, 3.8) is 0 Å². The second-order valence-corrected chi connectivity index (χ2v) is 6.73. The molecule has 0 radical (unpaired) electrons. The number of aromatic nitrogens is 2. The molecule has 8 heteroatoms. The lowest BCUT2D eigenvalue weighted by molar-refractivity contribution is 0.0518. The van der Waals surface area contributed by atoms with Crippen LogP contribution in [-0.2, 0) is 6.54 Å². The second-order valence-electron chi connectivity index (χ2n) is 6.73. The Bertz CT molecular complexity index is 967. The van der Waals surface area contributed by atoms with Gasteiger partial charge in [0.15, 0.2) is 5.76 Å². The van der Waals surface area contributed by atoms with Gasteiger partial charge < -0.3 is 19.5 Å². The topological polar surface area (TPSA) is 91.6 Å². The number of carbonyl (C=O) groups is 2. The van der Waals surface area contributed by atoms with Crippen LogP contribution in [0, 0.1) is 0 Å². The van der Waals surface area contributed by atoms with Gasteiger partial charge in [-0.05, 0) is 35.9 Å². The molecular formula is C21H21N5O3. The Morgan fingerprint density at radius 1 is 0.966 bits per heavy atom. The highest BCUT2D eigenvalue weighted by atomic mass is 16.3. The van der Waals surface area contributed by atoms with Crippen molar-refractivity contribution in [2.24, 2.45) is 0 Å². The third kappa shape index (κ3) is 4.43. The van der Waals surface area contributed by atoms with Crippen molar-refractivity contribution in [2.45, 2.75) is 6.54 Å². The maximum atomic E-state index is 12.9. The van der Waals surface area contributed by atoms with E-state index in [1.165, 1.54) is 6.26 Å². The molecule has 4 rings (SSSR count). The van der Waals surface area contributed by atoms with Gasteiger partial charge in [0.1, 0.15) is 0 Å². The molecule has 3 aromatic heterocycles. The number of hydrogen-bond acceptors (Lipinski definition) is 6. The number of furan rings is 1. The fraction of sp³-hybridized carbons (Fsp3) is 0.238. The summed E-state index contributed by atoms with van der Waals surface area (Å²) in [4.78, 5) is 36.8. The van der Waals surface area contributed by atoms with Crippen LogP contribution in [0.25, 0.3) is 0 Å². The summed E-state index contributed by atoms with van der Waals surface area (Å²) >= 11 is 0. The molecule has 0 atom stereocenters. The van der Waals surface area contributed by atoms with Gasteiger partial charge in [0, 0.05) is 57.5 Å². The van der Waals surface area contributed by atoms with Crippen LogP contribution in [0.2, 0.25) is 0 Å². The van der Waals surface area contributed by atoms with Gasteiger partial charge >= 0.3 is 0 Å². The van der Waals surface area contributed by atoms with E-state index < -0.39 is 0 Å². The number of nitrogens with one attached hydrogen (secondary N) is 1. The lowest BCUT2D eigenvalue weighted by Gasteiger charge is -2.34. The third-order valence-corrected chi connectivity index (χ3v) is 4.82. The molecule has 148 valence electrons. The van der Waals surface area contributed by atoms with Crippen LogP contribution in [0.4, 0.5) is 5.69 Å². The number of nitrogens with zero attached hydrogens (tertiary/aromatic N) is 4. The van der Waals surface area contributed by atoms with Crippen LogP contribution >= 0.6 is 0 Å². The van der Waals surface area contributed by atoms with Crippen LogP contribution in [0.3, 0.4) is 0 Å². The number of piperazine rings is 1. The van der Waals surface area contributed by atoms with E-state index in [4.69, 9.17) is 4.42 Å². The summed E-state index contributed by atoms with van der Waals surface area (Å²) in [5, 5.41) is 3.27. The molecule has 29 heavy (non-hydrogen) atoms. The summed E-state index contributed by atoms with van der Waals surface area (Å²) in [7, 11) is 0. The SMILES string of the molecule is O=C(c1cncc(NCc2ccncc2)c1)N1CCN(C(=O)c2ccco2)CC1. The van der Waals surface area contributed by atoms with Crippen molar-refractivity contribution in [3.8, 4) is 0 Å². The molecule has 1 aliphatic heterocycles. The fourth-order valence-corrected chi connectivity index (χ4v) is 3.21. The van der Waals surface area contributed by atoms with E-state index in [0.717, 1.165) is 11.3 Å². The Balaban J connectivity index is 1.34. The average molecular weight is 391 g/mol. The quantitative estimate of drug-likeness (QED) is 0.717. The summed E-state index contributed by atoms with van der Waals surface area (Å²) in [5.74, 6) is 0.0863. The summed E-state index contributed by atoms with van der Waals surface area (Å²) in [6, 6.07) is 9.00. The summed E-state index contributed by atoms with van der Waals surface area (Å²) < 4.78 is 5.17. The highest BCUT2D eigenvalue weighted by Gasteiger charge is 2.26. The van der Waals surface area contributed by atoms with Crippen LogP contribution in [0.1, 0.15) is 26.5 Å². The van der Waals surface area contributed by atoms with Gasteiger partial charge in [0.05, 0.1) is 17.5 Å². The Hall–Kier alpha value is -3.68. The molecule has 1 N–H and O–H groups in total. The van der Waals surface area contributed by atoms with E-state index in [1.54, 1.807) is 52.8 Å². The van der Waals surface area contributed by atoms with Crippen molar-refractivity contribution in [1.82, 2.24) is 19.8 Å². The predicted octanol–water partition coefficient (Wildman–Crippen LogP) is 2.28. The maximum absolute atomic E-state index is 12.9. The van der Waals surface area contributed by atoms with Crippen molar-refractivity contribution >= 4 is 17.5 Å². The van der Waals surface area contributed by atoms with Crippen LogP contribution in [0.15, 0.2) is 65.8 Å². The molecule has 8 nitrogen and oxygen atoms in total. The first-order chi connectivity index (χ1) is 14.2. The van der Waals surface area contributed by atoms with Gasteiger partial charge in [-0.15, -0.1) is 0 Å². The molecule has 4 heterocycles. The zero-order valence-electron chi connectivity index (χ0n) is 15.8. The van der Waals surface area contributed by atoms with Crippen LogP contribution in [0.5, 0.6) is 0 Å². The molecule has 1 aliphatic rings. The monoisotopic (exact) mass is 391 g/mol. The minimum atomic E-state index is -0.147. The van der Waals surface area contributed by atoms with E-state index in [-0.39, 0.29) is 11.8 Å². The Morgan fingerprint density at radius 2 is 1.69 bits per heavy atom. The molecule has 0 aromatic carbocycles. The van der Waals surface area contributed by atoms with Gasteiger partial charge in [-0.3, -0.25) is 19.6 Å². The molecule has 0 bridgehead atoms. The molecule has 2 amide bonds. The van der Waals surface area contributed by atoms with Gasteiger partial charge in [0.2, 0.25) is 0 Å². The zero-order valence-corrected chi connectivity index (χ0v) is 15.8. The maximum Gasteiger partial charge on any atom is 0.289 e. The number of pyridine rings is 2. The van der Waals surface area contributed by atoms with E-state index in [9.17, 15) is 9.59 Å². The van der Waals surface area contributed by atoms with Crippen molar-refractivity contribution in [1.29, 1.82) is 0 Å². The molecule has 0 saturated carbocycles. The Morgan fingerprint density at radius 3 is 2.38 bits per heavy atom. The molecule has 1 saturated heterocycles. The second kappa shape index (κ2) is 8.55. The summed E-state index contributed by atoms with van der Waals surface area (Å²) in [5.41, 5.74) is 2.39. The van der Waals surface area contributed by atoms with Crippen LogP contribution < -0.4 is 5.32 Å². The number of rotatable bonds is 5. The minimum absolute atomic E-state index is 0.0878. The molecule has 0 aliphatic carbocycles. The smallest absolute Gasteiger partial charge is 0.289 e. The van der Waals surface area contributed by atoms with Gasteiger partial charge in [0.25, 0.3) is 11.8 Å².